The largest absolute Gasteiger partial charge is 0.494 e. The molecule has 100 valence electrons. The molecule has 0 aromatic heterocycles. The van der Waals surface area contributed by atoms with Crippen molar-refractivity contribution in [1.29, 1.82) is 0 Å². The summed E-state index contributed by atoms with van der Waals surface area (Å²) in [7, 11) is 1.49. The van der Waals surface area contributed by atoms with Crippen LogP contribution in [0.25, 0.3) is 0 Å². The van der Waals surface area contributed by atoms with Gasteiger partial charge in [-0.05, 0) is 42.3 Å². The molecule has 0 saturated carbocycles. The standard InChI is InChI=1S/C14H20FNOS/c1-3-16-13-9-18-8-11(13)6-10-4-5-14(17-2)12(15)7-10/h4-5,7,11,13,16H,3,6,8-9H2,1-2H3. The molecular formula is C14H20FNOS. The SMILES string of the molecule is CCNC1CSCC1Cc1ccc(OC)c(F)c1. The van der Waals surface area contributed by atoms with Crippen molar-refractivity contribution in [3.63, 3.8) is 0 Å². The number of ether oxygens (including phenoxy) is 1. The third-order valence-corrected chi connectivity index (χ3v) is 4.64. The van der Waals surface area contributed by atoms with E-state index in [4.69, 9.17) is 4.74 Å². The molecule has 1 aliphatic heterocycles. The Hall–Kier alpha value is -0.740. The number of thioether (sulfide) groups is 1. The van der Waals surface area contributed by atoms with Crippen LogP contribution in [-0.2, 0) is 6.42 Å². The minimum absolute atomic E-state index is 0.263. The minimum atomic E-state index is -0.263. The van der Waals surface area contributed by atoms with Gasteiger partial charge in [0.1, 0.15) is 0 Å². The fourth-order valence-electron chi connectivity index (χ4n) is 2.43. The molecule has 0 spiro atoms. The van der Waals surface area contributed by atoms with Gasteiger partial charge in [0, 0.05) is 11.8 Å². The second-order valence-corrected chi connectivity index (χ2v) is 5.71. The Kier molecular flexibility index (Phi) is 4.89. The molecule has 0 amide bonds. The van der Waals surface area contributed by atoms with Crippen molar-refractivity contribution >= 4 is 11.8 Å². The van der Waals surface area contributed by atoms with Crippen molar-refractivity contribution in [3.8, 4) is 5.75 Å². The van der Waals surface area contributed by atoms with Gasteiger partial charge in [-0.2, -0.15) is 11.8 Å². The minimum Gasteiger partial charge on any atom is -0.494 e. The van der Waals surface area contributed by atoms with Crippen molar-refractivity contribution in [2.45, 2.75) is 19.4 Å². The van der Waals surface area contributed by atoms with Crippen molar-refractivity contribution < 1.29 is 9.13 Å². The van der Waals surface area contributed by atoms with Gasteiger partial charge in [-0.3, -0.25) is 0 Å². The monoisotopic (exact) mass is 269 g/mol. The molecule has 0 radical (unpaired) electrons. The second kappa shape index (κ2) is 6.43. The predicted octanol–water partition coefficient (Wildman–Crippen LogP) is 2.72. The summed E-state index contributed by atoms with van der Waals surface area (Å²) in [5.74, 6) is 2.98. The number of rotatable bonds is 5. The van der Waals surface area contributed by atoms with E-state index in [0.29, 0.717) is 17.7 Å². The Balaban J connectivity index is 2.02. The number of halogens is 1. The van der Waals surface area contributed by atoms with E-state index in [1.54, 1.807) is 12.1 Å². The van der Waals surface area contributed by atoms with Crippen LogP contribution in [0.1, 0.15) is 12.5 Å². The normalized spacial score (nSPS) is 23.3. The highest BCUT2D eigenvalue weighted by molar-refractivity contribution is 7.99. The first-order chi connectivity index (χ1) is 8.74. The molecule has 4 heteroatoms. The number of benzene rings is 1. The summed E-state index contributed by atoms with van der Waals surface area (Å²) in [4.78, 5) is 0. The van der Waals surface area contributed by atoms with Crippen LogP contribution in [0, 0.1) is 11.7 Å². The van der Waals surface area contributed by atoms with Crippen LogP contribution >= 0.6 is 11.8 Å². The Morgan fingerprint density at radius 2 is 2.28 bits per heavy atom. The molecule has 18 heavy (non-hydrogen) atoms. The highest BCUT2D eigenvalue weighted by Crippen LogP contribution is 2.28. The fourth-order valence-corrected chi connectivity index (χ4v) is 3.86. The van der Waals surface area contributed by atoms with Gasteiger partial charge in [0.05, 0.1) is 7.11 Å². The Labute approximate surface area is 112 Å². The summed E-state index contributed by atoms with van der Waals surface area (Å²) >= 11 is 1.98. The number of methoxy groups -OCH3 is 1. The van der Waals surface area contributed by atoms with E-state index in [-0.39, 0.29) is 5.82 Å². The second-order valence-electron chi connectivity index (χ2n) is 4.63. The first kappa shape index (κ1) is 13.7. The average Bonchev–Trinajstić information content (AvgIpc) is 2.78. The Morgan fingerprint density at radius 3 is 2.94 bits per heavy atom. The summed E-state index contributed by atoms with van der Waals surface area (Å²) in [6.07, 6.45) is 0.936. The van der Waals surface area contributed by atoms with Gasteiger partial charge in [-0.1, -0.05) is 13.0 Å². The lowest BCUT2D eigenvalue weighted by Gasteiger charge is -2.19. The molecule has 1 saturated heterocycles. The Bertz CT molecular complexity index is 399. The van der Waals surface area contributed by atoms with Crippen LogP contribution in [0.15, 0.2) is 18.2 Å². The summed E-state index contributed by atoms with van der Waals surface area (Å²) < 4.78 is 18.6. The molecule has 1 aliphatic rings. The fraction of sp³-hybridized carbons (Fsp3) is 0.571. The molecule has 1 heterocycles. The molecule has 1 N–H and O–H groups in total. The molecule has 1 aromatic rings. The highest BCUT2D eigenvalue weighted by Gasteiger charge is 2.27. The molecule has 1 aromatic carbocycles. The lowest BCUT2D eigenvalue weighted by molar-refractivity contribution is 0.385. The molecule has 0 aliphatic carbocycles. The van der Waals surface area contributed by atoms with Gasteiger partial charge in [0.2, 0.25) is 0 Å². The van der Waals surface area contributed by atoms with Crippen LogP contribution in [0.4, 0.5) is 4.39 Å². The molecule has 0 bridgehead atoms. The van der Waals surface area contributed by atoms with Crippen molar-refractivity contribution in [1.82, 2.24) is 5.32 Å². The molecule has 2 rings (SSSR count). The first-order valence-corrected chi connectivity index (χ1v) is 7.53. The van der Waals surface area contributed by atoms with Crippen molar-refractivity contribution in [2.24, 2.45) is 5.92 Å². The molecule has 2 unspecified atom stereocenters. The maximum Gasteiger partial charge on any atom is 0.165 e. The number of hydrogen-bond donors (Lipinski definition) is 1. The molecular weight excluding hydrogens is 249 g/mol. The first-order valence-electron chi connectivity index (χ1n) is 6.38. The van der Waals surface area contributed by atoms with Gasteiger partial charge in [-0.25, -0.2) is 4.39 Å². The molecule has 1 fully saturated rings. The maximum atomic E-state index is 13.6. The highest BCUT2D eigenvalue weighted by atomic mass is 32.2. The van der Waals surface area contributed by atoms with Gasteiger partial charge in [0.15, 0.2) is 11.6 Å². The third kappa shape index (κ3) is 3.18. The maximum absolute atomic E-state index is 13.6. The summed E-state index contributed by atoms with van der Waals surface area (Å²) in [6, 6.07) is 5.85. The summed E-state index contributed by atoms with van der Waals surface area (Å²) in [5.41, 5.74) is 1.06. The van der Waals surface area contributed by atoms with Crippen molar-refractivity contribution in [3.05, 3.63) is 29.6 Å². The van der Waals surface area contributed by atoms with E-state index in [0.717, 1.165) is 30.0 Å². The average molecular weight is 269 g/mol. The van der Waals surface area contributed by atoms with E-state index < -0.39 is 0 Å². The van der Waals surface area contributed by atoms with E-state index in [1.165, 1.54) is 7.11 Å². The molecule has 2 nitrogen and oxygen atoms in total. The zero-order valence-corrected chi connectivity index (χ0v) is 11.7. The smallest absolute Gasteiger partial charge is 0.165 e. The van der Waals surface area contributed by atoms with E-state index in [1.807, 2.05) is 17.8 Å². The van der Waals surface area contributed by atoms with E-state index in [2.05, 4.69) is 12.2 Å². The van der Waals surface area contributed by atoms with E-state index >= 15 is 0 Å². The van der Waals surface area contributed by atoms with Crippen LogP contribution in [0.5, 0.6) is 5.75 Å². The number of hydrogen-bond acceptors (Lipinski definition) is 3. The van der Waals surface area contributed by atoms with Gasteiger partial charge in [-0.15, -0.1) is 0 Å². The van der Waals surface area contributed by atoms with Crippen LogP contribution in [0.3, 0.4) is 0 Å². The number of nitrogens with one attached hydrogen (secondary N) is 1. The lowest BCUT2D eigenvalue weighted by atomic mass is 9.95. The van der Waals surface area contributed by atoms with Crippen LogP contribution < -0.4 is 10.1 Å². The zero-order valence-electron chi connectivity index (χ0n) is 10.9. The van der Waals surface area contributed by atoms with Crippen LogP contribution in [-0.4, -0.2) is 31.2 Å². The lowest BCUT2D eigenvalue weighted by Crippen LogP contribution is -2.36. The van der Waals surface area contributed by atoms with E-state index in [9.17, 15) is 4.39 Å². The summed E-state index contributed by atoms with van der Waals surface area (Å²) in [5, 5.41) is 3.51. The third-order valence-electron chi connectivity index (χ3n) is 3.38. The topological polar surface area (TPSA) is 21.3 Å². The quantitative estimate of drug-likeness (QED) is 0.888. The van der Waals surface area contributed by atoms with Gasteiger partial charge in [0.25, 0.3) is 0 Å². The predicted molar refractivity (Wildman–Crippen MR) is 74.9 cm³/mol. The molecule has 2 atom stereocenters. The van der Waals surface area contributed by atoms with Crippen molar-refractivity contribution in [2.75, 3.05) is 25.2 Å². The van der Waals surface area contributed by atoms with Crippen LogP contribution in [0.2, 0.25) is 0 Å². The van der Waals surface area contributed by atoms with Gasteiger partial charge < -0.3 is 10.1 Å². The Morgan fingerprint density at radius 1 is 1.44 bits per heavy atom. The van der Waals surface area contributed by atoms with Gasteiger partial charge >= 0.3 is 0 Å². The zero-order chi connectivity index (χ0) is 13.0. The summed E-state index contributed by atoms with van der Waals surface area (Å²) in [6.45, 7) is 3.13.